The molecule has 1 aliphatic heterocycles. The Hall–Kier alpha value is -1.90. The minimum Gasteiger partial charge on any atom is -0.490 e. The number of carbonyl (C=O) groups excluding carboxylic acids is 2. The van der Waals surface area contributed by atoms with E-state index < -0.39 is 5.78 Å². The van der Waals surface area contributed by atoms with Gasteiger partial charge in [-0.3, -0.25) is 9.59 Å². The molecule has 0 aliphatic carbocycles. The number of ketones is 1. The topological polar surface area (TPSA) is 43.4 Å². The largest absolute Gasteiger partial charge is 0.490 e. The van der Waals surface area contributed by atoms with Crippen LogP contribution in [0.2, 0.25) is 0 Å². The fourth-order valence-corrected chi connectivity index (χ4v) is 1.63. The van der Waals surface area contributed by atoms with E-state index in [1.807, 2.05) is 32.0 Å². The van der Waals surface area contributed by atoms with E-state index in [0.29, 0.717) is 6.61 Å². The molecular weight excluding hydrogens is 240 g/mol. The van der Waals surface area contributed by atoms with Gasteiger partial charge in [-0.25, -0.2) is 0 Å². The number of ether oxygens (including phenoxy) is 1. The molecular formula is C16H20O3. The van der Waals surface area contributed by atoms with Crippen LogP contribution in [0.15, 0.2) is 42.2 Å². The van der Waals surface area contributed by atoms with Crippen molar-refractivity contribution in [2.75, 3.05) is 6.61 Å². The molecule has 0 amide bonds. The average Bonchev–Trinajstić information content (AvgIpc) is 2.38. The molecule has 0 radical (unpaired) electrons. The summed E-state index contributed by atoms with van der Waals surface area (Å²) >= 11 is 0. The molecule has 3 nitrogen and oxygen atoms in total. The van der Waals surface area contributed by atoms with E-state index in [-0.39, 0.29) is 17.5 Å². The van der Waals surface area contributed by atoms with Crippen LogP contribution < -0.4 is 0 Å². The molecule has 0 atom stereocenters. The monoisotopic (exact) mass is 260 g/mol. The van der Waals surface area contributed by atoms with Crippen molar-refractivity contribution in [1.29, 1.82) is 0 Å². The second-order valence-electron chi connectivity index (χ2n) is 5.23. The van der Waals surface area contributed by atoms with Gasteiger partial charge in [0.05, 0.1) is 6.61 Å². The third kappa shape index (κ3) is 5.51. The maximum Gasteiger partial charge on any atom is 0.259 e. The fraction of sp³-hybridized carbons (Fsp3) is 0.375. The minimum absolute atomic E-state index is 0.0355. The summed E-state index contributed by atoms with van der Waals surface area (Å²) in [6, 6.07) is 10.3. The number of aryl methyl sites for hydroxylation is 1. The van der Waals surface area contributed by atoms with E-state index in [9.17, 15) is 9.59 Å². The first-order valence-corrected chi connectivity index (χ1v) is 6.31. The number of hydrogen-bond donors (Lipinski definition) is 0. The van der Waals surface area contributed by atoms with E-state index in [2.05, 4.69) is 19.1 Å². The molecule has 0 N–H and O–H groups in total. The summed E-state index contributed by atoms with van der Waals surface area (Å²) in [6.45, 7) is 6.61. The Morgan fingerprint density at radius 2 is 1.89 bits per heavy atom. The molecule has 0 saturated carbocycles. The Bertz CT molecular complexity index is 458. The lowest BCUT2D eigenvalue weighted by Crippen LogP contribution is -2.22. The van der Waals surface area contributed by atoms with Crippen molar-refractivity contribution in [3.05, 3.63) is 47.7 Å². The summed E-state index contributed by atoms with van der Waals surface area (Å²) in [5, 5.41) is 0. The van der Waals surface area contributed by atoms with Crippen molar-refractivity contribution in [3.8, 4) is 0 Å². The summed E-state index contributed by atoms with van der Waals surface area (Å²) in [6.07, 6.45) is 2.88. The molecule has 1 aromatic carbocycles. The van der Waals surface area contributed by atoms with Crippen LogP contribution >= 0.6 is 0 Å². The fourth-order valence-electron chi connectivity index (χ4n) is 1.63. The zero-order chi connectivity index (χ0) is 14.3. The van der Waals surface area contributed by atoms with Gasteiger partial charge in [-0.05, 0) is 24.8 Å². The first-order chi connectivity index (χ1) is 8.94. The number of benzene rings is 1. The number of allylic oxidation sites excluding steroid dienone is 2. The summed E-state index contributed by atoms with van der Waals surface area (Å²) in [4.78, 5) is 21.0. The van der Waals surface area contributed by atoms with E-state index in [4.69, 9.17) is 4.74 Å². The van der Waals surface area contributed by atoms with Crippen molar-refractivity contribution < 1.29 is 14.3 Å². The lowest BCUT2D eigenvalue weighted by molar-refractivity contribution is -0.130. The smallest absolute Gasteiger partial charge is 0.259 e. The molecule has 2 rings (SSSR count). The van der Waals surface area contributed by atoms with E-state index in [0.717, 1.165) is 6.42 Å². The Kier molecular flexibility index (Phi) is 5.49. The average molecular weight is 260 g/mol. The van der Waals surface area contributed by atoms with Gasteiger partial charge in [0.25, 0.3) is 5.78 Å². The van der Waals surface area contributed by atoms with Gasteiger partial charge in [-0.2, -0.15) is 0 Å². The third-order valence-electron chi connectivity index (χ3n) is 2.82. The highest BCUT2D eigenvalue weighted by molar-refractivity contribution is 6.32. The van der Waals surface area contributed by atoms with Crippen LogP contribution in [-0.4, -0.2) is 18.7 Å². The van der Waals surface area contributed by atoms with E-state index >= 15 is 0 Å². The number of hydrogen-bond acceptors (Lipinski definition) is 3. The molecule has 0 aromatic heterocycles. The van der Waals surface area contributed by atoms with Crippen LogP contribution in [0.5, 0.6) is 0 Å². The van der Waals surface area contributed by atoms with Gasteiger partial charge in [0.2, 0.25) is 0 Å². The first-order valence-electron chi connectivity index (χ1n) is 6.31. The predicted octanol–water partition coefficient (Wildman–Crippen LogP) is 3.08. The quantitative estimate of drug-likeness (QED) is 0.606. The molecule has 0 fully saturated rings. The highest BCUT2D eigenvalue weighted by Crippen LogP contribution is 2.28. The van der Waals surface area contributed by atoms with Crippen molar-refractivity contribution >= 4 is 12.1 Å². The molecule has 3 heteroatoms. The Morgan fingerprint density at radius 3 is 2.32 bits per heavy atom. The molecule has 1 heterocycles. The van der Waals surface area contributed by atoms with Gasteiger partial charge >= 0.3 is 0 Å². The molecule has 0 spiro atoms. The predicted molar refractivity (Wildman–Crippen MR) is 74.7 cm³/mol. The minimum atomic E-state index is -0.567. The normalized spacial score (nSPS) is 16.3. The second kappa shape index (κ2) is 6.88. The van der Waals surface area contributed by atoms with Crippen LogP contribution in [0.1, 0.15) is 25.8 Å². The van der Waals surface area contributed by atoms with Gasteiger partial charge in [0, 0.05) is 0 Å². The van der Waals surface area contributed by atoms with Crippen molar-refractivity contribution in [2.45, 2.75) is 27.2 Å². The zero-order valence-corrected chi connectivity index (χ0v) is 11.7. The molecule has 19 heavy (non-hydrogen) atoms. The lowest BCUT2D eigenvalue weighted by Gasteiger charge is -2.26. The number of rotatable bonds is 2. The number of aldehydes is 1. The number of carbonyl (C=O) groups is 2. The van der Waals surface area contributed by atoms with Gasteiger partial charge in [-0.1, -0.05) is 49.7 Å². The second-order valence-corrected chi connectivity index (χ2v) is 5.23. The van der Waals surface area contributed by atoms with Crippen LogP contribution in [0, 0.1) is 12.3 Å². The zero-order valence-electron chi connectivity index (χ0n) is 11.7. The Labute approximate surface area is 114 Å². The lowest BCUT2D eigenvalue weighted by atomic mass is 9.87. The van der Waals surface area contributed by atoms with E-state index in [1.54, 1.807) is 6.08 Å². The van der Waals surface area contributed by atoms with Crippen molar-refractivity contribution in [1.82, 2.24) is 0 Å². The summed E-state index contributed by atoms with van der Waals surface area (Å²) in [5.74, 6) is -0.371. The van der Waals surface area contributed by atoms with Crippen LogP contribution in [0.25, 0.3) is 0 Å². The van der Waals surface area contributed by atoms with Crippen LogP contribution in [0.3, 0.4) is 0 Å². The molecule has 0 saturated heterocycles. The standard InChI is InChI=1S/C9H12O3.C7H8/c1-9(2)3-4-12-8(5-9)7(11)6-10;1-7-5-3-2-4-6-7/h5-6H,3-4H2,1-2H3;2-6H,1H3. The van der Waals surface area contributed by atoms with E-state index in [1.165, 1.54) is 5.56 Å². The SMILES string of the molecule is CC1(C)C=C(C(=O)C=O)OCC1.Cc1ccccc1. The Balaban J connectivity index is 0.000000218. The molecule has 0 unspecified atom stereocenters. The maximum absolute atomic E-state index is 10.9. The first kappa shape index (κ1) is 15.2. The maximum atomic E-state index is 10.9. The summed E-state index contributed by atoms with van der Waals surface area (Å²) in [5.41, 5.74) is 1.29. The summed E-state index contributed by atoms with van der Waals surface area (Å²) in [7, 11) is 0. The van der Waals surface area contributed by atoms with Crippen molar-refractivity contribution in [3.63, 3.8) is 0 Å². The van der Waals surface area contributed by atoms with Crippen LogP contribution in [0.4, 0.5) is 0 Å². The highest BCUT2D eigenvalue weighted by Gasteiger charge is 2.24. The molecule has 1 aromatic rings. The summed E-state index contributed by atoms with van der Waals surface area (Å²) < 4.78 is 5.05. The van der Waals surface area contributed by atoms with Gasteiger partial charge in [0.1, 0.15) is 0 Å². The number of Topliss-reactive ketones (excluding diaryl/α,β-unsaturated/α-hetero) is 1. The van der Waals surface area contributed by atoms with Gasteiger partial charge in [0.15, 0.2) is 12.0 Å². The molecule has 0 bridgehead atoms. The molecule has 102 valence electrons. The van der Waals surface area contributed by atoms with Gasteiger partial charge in [-0.15, -0.1) is 0 Å². The van der Waals surface area contributed by atoms with Crippen molar-refractivity contribution in [2.24, 2.45) is 5.41 Å². The van der Waals surface area contributed by atoms with Crippen LogP contribution in [-0.2, 0) is 14.3 Å². The van der Waals surface area contributed by atoms with Gasteiger partial charge < -0.3 is 4.74 Å². The third-order valence-corrected chi connectivity index (χ3v) is 2.82. The highest BCUT2D eigenvalue weighted by atomic mass is 16.5. The Morgan fingerprint density at radius 1 is 1.26 bits per heavy atom. The molecule has 1 aliphatic rings.